The molecule has 1 aromatic heterocycles. The Morgan fingerprint density at radius 2 is 1.62 bits per heavy atom. The van der Waals surface area contributed by atoms with Crippen molar-refractivity contribution in [3.8, 4) is 11.4 Å². The van der Waals surface area contributed by atoms with E-state index in [0.29, 0.717) is 31.3 Å². The van der Waals surface area contributed by atoms with Crippen molar-refractivity contribution < 1.29 is 28.7 Å². The standard InChI is InChI=1S/C31H43N5O6/c1-7-41-30(40)36-17-15-35(16-18-36)29(39)24(13-14-26(37)42-31(4,5)6)34-28(38)25-20-23(19-21(2)3)32-27(33-25)22-11-9-8-10-12-22/h8-12,20-21,24H,7,13-19H2,1-6H3,(H,34,38)/t24-/m0/s1. The Bertz CT molecular complexity index is 1240. The largest absolute Gasteiger partial charge is 0.460 e. The van der Waals surface area contributed by atoms with Gasteiger partial charge in [-0.2, -0.15) is 0 Å². The maximum atomic E-state index is 13.7. The van der Waals surface area contributed by atoms with Gasteiger partial charge in [-0.1, -0.05) is 44.2 Å². The number of nitrogens with one attached hydrogen (secondary N) is 1. The van der Waals surface area contributed by atoms with E-state index in [-0.39, 0.29) is 44.1 Å². The van der Waals surface area contributed by atoms with Gasteiger partial charge in [-0.25, -0.2) is 14.8 Å². The lowest BCUT2D eigenvalue weighted by atomic mass is 10.1. The van der Waals surface area contributed by atoms with E-state index in [9.17, 15) is 19.2 Å². The summed E-state index contributed by atoms with van der Waals surface area (Å²) in [5.74, 6) is -0.613. The second-order valence-electron chi connectivity index (χ2n) is 11.7. The van der Waals surface area contributed by atoms with E-state index >= 15 is 0 Å². The number of nitrogens with zero attached hydrogens (tertiary/aromatic N) is 4. The predicted molar refractivity (Wildman–Crippen MR) is 158 cm³/mol. The Kier molecular flexibility index (Phi) is 11.4. The number of benzene rings is 1. The third-order valence-electron chi connectivity index (χ3n) is 6.44. The first-order valence-electron chi connectivity index (χ1n) is 14.5. The highest BCUT2D eigenvalue weighted by atomic mass is 16.6. The van der Waals surface area contributed by atoms with Gasteiger partial charge in [-0.15, -0.1) is 0 Å². The van der Waals surface area contributed by atoms with Crippen LogP contribution in [0, 0.1) is 5.92 Å². The Morgan fingerprint density at radius 1 is 0.976 bits per heavy atom. The molecule has 0 radical (unpaired) electrons. The minimum Gasteiger partial charge on any atom is -0.460 e. The molecule has 11 heteroatoms. The molecule has 3 rings (SSSR count). The number of aromatic nitrogens is 2. The normalized spacial score (nSPS) is 14.4. The van der Waals surface area contributed by atoms with E-state index in [2.05, 4.69) is 29.1 Å². The summed E-state index contributed by atoms with van der Waals surface area (Å²) in [5.41, 5.74) is 0.955. The molecule has 1 aliphatic rings. The number of amides is 3. The summed E-state index contributed by atoms with van der Waals surface area (Å²) in [6.07, 6.45) is 0.213. The van der Waals surface area contributed by atoms with Gasteiger partial charge in [-0.3, -0.25) is 14.4 Å². The molecule has 0 aliphatic carbocycles. The summed E-state index contributed by atoms with van der Waals surface area (Å²) in [6.45, 7) is 12.6. The molecule has 1 saturated heterocycles. The van der Waals surface area contributed by atoms with Gasteiger partial charge >= 0.3 is 12.1 Å². The molecule has 0 saturated carbocycles. The minimum atomic E-state index is -0.997. The quantitative estimate of drug-likeness (QED) is 0.419. The highest BCUT2D eigenvalue weighted by Gasteiger charge is 2.32. The Morgan fingerprint density at radius 3 is 2.21 bits per heavy atom. The van der Waals surface area contributed by atoms with E-state index in [4.69, 9.17) is 9.47 Å². The topological polar surface area (TPSA) is 131 Å². The minimum absolute atomic E-state index is 0.0487. The smallest absolute Gasteiger partial charge is 0.409 e. The molecule has 1 fully saturated rings. The van der Waals surface area contributed by atoms with Crippen LogP contribution in [0.5, 0.6) is 0 Å². The molecule has 2 heterocycles. The summed E-state index contributed by atoms with van der Waals surface area (Å²) in [5, 5.41) is 2.83. The second-order valence-corrected chi connectivity index (χ2v) is 11.7. The molecule has 3 amide bonds. The first-order valence-corrected chi connectivity index (χ1v) is 14.5. The van der Waals surface area contributed by atoms with Crippen LogP contribution in [0.2, 0.25) is 0 Å². The van der Waals surface area contributed by atoms with E-state index < -0.39 is 29.6 Å². The van der Waals surface area contributed by atoms with Gasteiger partial charge < -0.3 is 24.6 Å². The Balaban J connectivity index is 1.82. The fourth-order valence-corrected chi connectivity index (χ4v) is 4.54. The van der Waals surface area contributed by atoms with E-state index in [0.717, 1.165) is 11.3 Å². The van der Waals surface area contributed by atoms with Gasteiger partial charge in [0.1, 0.15) is 17.3 Å². The predicted octanol–water partition coefficient (Wildman–Crippen LogP) is 3.86. The number of esters is 1. The fraction of sp³-hybridized carbons (Fsp3) is 0.548. The maximum absolute atomic E-state index is 13.7. The monoisotopic (exact) mass is 581 g/mol. The molecule has 1 aromatic carbocycles. The van der Waals surface area contributed by atoms with Crippen LogP contribution in [0.3, 0.4) is 0 Å². The van der Waals surface area contributed by atoms with Crippen LogP contribution in [0.25, 0.3) is 11.4 Å². The molecular formula is C31H43N5O6. The molecule has 11 nitrogen and oxygen atoms in total. The number of carbonyl (C=O) groups excluding carboxylic acids is 4. The Labute approximate surface area is 248 Å². The van der Waals surface area contributed by atoms with Gasteiger partial charge in [0, 0.05) is 43.9 Å². The second kappa shape index (κ2) is 14.7. The fourth-order valence-electron chi connectivity index (χ4n) is 4.54. The SMILES string of the molecule is CCOC(=O)N1CCN(C(=O)[C@H](CCC(=O)OC(C)(C)C)NC(=O)c2cc(CC(C)C)nc(-c3ccccc3)n2)CC1. The average molecular weight is 582 g/mol. The summed E-state index contributed by atoms with van der Waals surface area (Å²) < 4.78 is 10.5. The molecule has 1 N–H and O–H groups in total. The van der Waals surface area contributed by atoms with Crippen LogP contribution < -0.4 is 5.32 Å². The third-order valence-corrected chi connectivity index (χ3v) is 6.44. The summed E-state index contributed by atoms with van der Waals surface area (Å²) >= 11 is 0. The zero-order valence-electron chi connectivity index (χ0n) is 25.5. The molecule has 0 bridgehead atoms. The van der Waals surface area contributed by atoms with Crippen LogP contribution in [-0.2, 0) is 25.5 Å². The number of hydrogen-bond acceptors (Lipinski definition) is 8. The van der Waals surface area contributed by atoms with E-state index in [1.54, 1.807) is 43.6 Å². The van der Waals surface area contributed by atoms with Crippen LogP contribution >= 0.6 is 0 Å². The average Bonchev–Trinajstić information content (AvgIpc) is 2.94. The number of hydrogen-bond donors (Lipinski definition) is 1. The van der Waals surface area contributed by atoms with E-state index in [1.165, 1.54) is 0 Å². The van der Waals surface area contributed by atoms with Gasteiger partial charge in [0.15, 0.2) is 5.82 Å². The highest BCUT2D eigenvalue weighted by Crippen LogP contribution is 2.18. The molecule has 2 aromatic rings. The zero-order valence-corrected chi connectivity index (χ0v) is 25.5. The first-order chi connectivity index (χ1) is 19.9. The van der Waals surface area contributed by atoms with E-state index in [1.807, 2.05) is 30.3 Å². The number of rotatable bonds is 10. The van der Waals surface area contributed by atoms with Crippen LogP contribution in [-0.4, -0.2) is 88.1 Å². The lowest BCUT2D eigenvalue weighted by Crippen LogP contribution is -2.56. The van der Waals surface area contributed by atoms with Crippen LogP contribution in [0.4, 0.5) is 4.79 Å². The summed E-state index contributed by atoms with van der Waals surface area (Å²) in [7, 11) is 0. The van der Waals surface area contributed by atoms with Crippen molar-refractivity contribution in [1.29, 1.82) is 0 Å². The molecule has 1 aliphatic heterocycles. The number of piperazine rings is 1. The molecular weight excluding hydrogens is 538 g/mol. The van der Waals surface area contributed by atoms with Crippen molar-refractivity contribution >= 4 is 23.9 Å². The first kappa shape index (κ1) is 32.5. The molecule has 1 atom stereocenters. The number of carbonyl (C=O) groups is 4. The van der Waals surface area contributed by atoms with Gasteiger partial charge in [0.05, 0.1) is 6.61 Å². The van der Waals surface area contributed by atoms with Crippen molar-refractivity contribution in [2.75, 3.05) is 32.8 Å². The third kappa shape index (κ3) is 9.81. The maximum Gasteiger partial charge on any atom is 0.409 e. The molecule has 0 unspecified atom stereocenters. The Hall–Kier alpha value is -4.02. The molecule has 42 heavy (non-hydrogen) atoms. The van der Waals surface area contributed by atoms with Crippen molar-refractivity contribution in [3.05, 3.63) is 47.8 Å². The lowest BCUT2D eigenvalue weighted by molar-refractivity contribution is -0.155. The van der Waals surface area contributed by atoms with Crippen molar-refractivity contribution in [1.82, 2.24) is 25.1 Å². The van der Waals surface area contributed by atoms with Crippen LogP contribution in [0.15, 0.2) is 36.4 Å². The van der Waals surface area contributed by atoms with Crippen molar-refractivity contribution in [2.45, 2.75) is 72.4 Å². The number of ether oxygens (including phenoxy) is 2. The van der Waals surface area contributed by atoms with Crippen molar-refractivity contribution in [3.63, 3.8) is 0 Å². The summed E-state index contributed by atoms with van der Waals surface area (Å²) in [6, 6.07) is 10.0. The van der Waals surface area contributed by atoms with Gasteiger partial charge in [0.25, 0.3) is 5.91 Å². The van der Waals surface area contributed by atoms with Crippen molar-refractivity contribution in [2.24, 2.45) is 5.92 Å². The van der Waals surface area contributed by atoms with Gasteiger partial charge in [0.2, 0.25) is 5.91 Å². The summed E-state index contributed by atoms with van der Waals surface area (Å²) in [4.78, 5) is 64.2. The molecule has 0 spiro atoms. The molecule has 228 valence electrons. The highest BCUT2D eigenvalue weighted by molar-refractivity contribution is 5.96. The van der Waals surface area contributed by atoms with Gasteiger partial charge in [-0.05, 0) is 52.5 Å². The lowest BCUT2D eigenvalue weighted by Gasteiger charge is -2.36. The van der Waals surface area contributed by atoms with Crippen LogP contribution in [0.1, 0.15) is 70.6 Å². The zero-order chi connectivity index (χ0) is 30.9.